The Morgan fingerprint density at radius 1 is 0.634 bits per heavy atom. The molecule has 0 saturated heterocycles. The van der Waals surface area contributed by atoms with Crippen molar-refractivity contribution in [3.05, 3.63) is 72.1 Å². The molecule has 6 N–H and O–H groups in total. The van der Waals surface area contributed by atoms with Crippen LogP contribution in [-0.4, -0.2) is 71.4 Å². The molecule has 1 fully saturated rings. The van der Waals surface area contributed by atoms with Gasteiger partial charge in [-0.3, -0.25) is 19.2 Å². The van der Waals surface area contributed by atoms with E-state index in [1.54, 1.807) is 12.4 Å². The largest absolute Gasteiger partial charge is 0.458 e. The van der Waals surface area contributed by atoms with Crippen LogP contribution in [-0.2, 0) is 51.0 Å². The fraction of sp³-hybridized carbons (Fsp3) is 0.310. The van der Waals surface area contributed by atoms with Crippen LogP contribution in [0.3, 0.4) is 0 Å². The van der Waals surface area contributed by atoms with Crippen LogP contribution in [0.2, 0.25) is 0 Å². The van der Waals surface area contributed by atoms with Crippen molar-refractivity contribution in [3.63, 3.8) is 0 Å². The molecular formula is C29H30N4O8. The second-order valence-electron chi connectivity index (χ2n) is 9.68. The minimum Gasteiger partial charge on any atom is -0.458 e. The Labute approximate surface area is 234 Å². The van der Waals surface area contributed by atoms with Crippen molar-refractivity contribution in [2.45, 2.75) is 43.7 Å². The van der Waals surface area contributed by atoms with Gasteiger partial charge in [-0.25, -0.2) is 0 Å². The summed E-state index contributed by atoms with van der Waals surface area (Å²) in [5.41, 5.74) is 14.1. The highest BCUT2D eigenvalue weighted by Crippen LogP contribution is 2.32. The monoisotopic (exact) mass is 562 g/mol. The van der Waals surface area contributed by atoms with Crippen LogP contribution >= 0.6 is 0 Å². The third-order valence-corrected chi connectivity index (χ3v) is 6.97. The zero-order valence-corrected chi connectivity index (χ0v) is 22.0. The van der Waals surface area contributed by atoms with Gasteiger partial charge in [0.05, 0.1) is 25.9 Å². The molecule has 0 unspecified atom stereocenters. The lowest BCUT2D eigenvalue weighted by atomic mass is 10.1. The molecule has 0 amide bonds. The highest BCUT2D eigenvalue weighted by molar-refractivity contribution is 5.88. The van der Waals surface area contributed by atoms with E-state index in [0.29, 0.717) is 11.1 Å². The topological polar surface area (TPSA) is 189 Å². The molecule has 41 heavy (non-hydrogen) atoms. The summed E-state index contributed by atoms with van der Waals surface area (Å²) in [4.78, 5) is 56.6. The van der Waals surface area contributed by atoms with Crippen LogP contribution in [0.25, 0.3) is 21.8 Å². The summed E-state index contributed by atoms with van der Waals surface area (Å²) < 4.78 is 22.3. The quantitative estimate of drug-likeness (QED) is 0.162. The average Bonchev–Trinajstić information content (AvgIpc) is 3.65. The number of rotatable bonds is 10. The molecule has 2 aromatic heterocycles. The third-order valence-electron chi connectivity index (χ3n) is 6.97. The molecule has 0 aliphatic heterocycles. The van der Waals surface area contributed by atoms with Gasteiger partial charge in [-0.05, 0) is 23.3 Å². The Hall–Kier alpha value is -4.68. The first-order valence-electron chi connectivity index (χ1n) is 13.1. The smallest absolute Gasteiger partial charge is 0.320 e. The Bertz CT molecular complexity index is 1460. The minimum absolute atomic E-state index is 0.0731. The summed E-state index contributed by atoms with van der Waals surface area (Å²) in [6, 6.07) is 15.0. The second kappa shape index (κ2) is 12.2. The molecule has 0 bridgehead atoms. The number of carbonyl (C=O) groups excluding carboxylic acids is 4. The molecule has 0 spiro atoms. The zero-order chi connectivity index (χ0) is 28.9. The van der Waals surface area contributed by atoms with Gasteiger partial charge in [-0.2, -0.15) is 0 Å². The SMILES string of the molecule is NCC(=O)O[C@@H]1[C@H](OC(=O)CN)[C@@H](OC(=O)Cc2c[nH]c3ccccc23)C[C@H]1OC(=O)Cc1c[nH]c2ccccc12. The number of H-pyrrole nitrogens is 2. The van der Waals surface area contributed by atoms with Crippen molar-refractivity contribution in [3.8, 4) is 0 Å². The summed E-state index contributed by atoms with van der Waals surface area (Å²) in [5.74, 6) is -2.84. The van der Waals surface area contributed by atoms with E-state index >= 15 is 0 Å². The van der Waals surface area contributed by atoms with E-state index < -0.39 is 61.4 Å². The van der Waals surface area contributed by atoms with Gasteiger partial charge in [0, 0.05) is 40.6 Å². The van der Waals surface area contributed by atoms with Gasteiger partial charge >= 0.3 is 23.9 Å². The van der Waals surface area contributed by atoms with Gasteiger partial charge in [0.1, 0.15) is 12.2 Å². The molecule has 1 aliphatic carbocycles. The van der Waals surface area contributed by atoms with E-state index in [4.69, 9.17) is 30.4 Å². The Morgan fingerprint density at radius 3 is 1.46 bits per heavy atom. The highest BCUT2D eigenvalue weighted by atomic mass is 16.6. The Balaban J connectivity index is 1.34. The molecule has 12 nitrogen and oxygen atoms in total. The predicted molar refractivity (Wildman–Crippen MR) is 146 cm³/mol. The first-order valence-corrected chi connectivity index (χ1v) is 13.1. The lowest BCUT2D eigenvalue weighted by Gasteiger charge is -2.26. The van der Waals surface area contributed by atoms with E-state index in [9.17, 15) is 19.2 Å². The summed E-state index contributed by atoms with van der Waals surface area (Å²) in [7, 11) is 0. The number of fused-ring (bicyclic) bond motifs is 2. The van der Waals surface area contributed by atoms with E-state index in [-0.39, 0.29) is 19.3 Å². The van der Waals surface area contributed by atoms with Crippen molar-refractivity contribution in [2.75, 3.05) is 13.1 Å². The van der Waals surface area contributed by atoms with Crippen molar-refractivity contribution < 1.29 is 38.1 Å². The van der Waals surface area contributed by atoms with Crippen LogP contribution in [0.4, 0.5) is 0 Å². The fourth-order valence-corrected chi connectivity index (χ4v) is 5.12. The average molecular weight is 563 g/mol. The van der Waals surface area contributed by atoms with Gasteiger partial charge in [-0.1, -0.05) is 36.4 Å². The highest BCUT2D eigenvalue weighted by Gasteiger charge is 2.52. The van der Waals surface area contributed by atoms with E-state index in [0.717, 1.165) is 21.8 Å². The number of para-hydroxylation sites is 2. The third kappa shape index (κ3) is 6.23. The summed E-state index contributed by atoms with van der Waals surface area (Å²) in [6.07, 6.45) is -1.48. The zero-order valence-electron chi connectivity index (χ0n) is 22.0. The number of esters is 4. The van der Waals surface area contributed by atoms with Crippen molar-refractivity contribution in [1.82, 2.24) is 9.97 Å². The molecule has 2 aromatic carbocycles. The van der Waals surface area contributed by atoms with E-state index in [2.05, 4.69) is 9.97 Å². The molecule has 12 heteroatoms. The van der Waals surface area contributed by atoms with Gasteiger partial charge in [0.15, 0.2) is 12.2 Å². The van der Waals surface area contributed by atoms with Gasteiger partial charge in [0.25, 0.3) is 0 Å². The summed E-state index contributed by atoms with van der Waals surface area (Å²) in [5, 5.41) is 1.72. The molecule has 5 rings (SSSR count). The number of aromatic amines is 2. The summed E-state index contributed by atoms with van der Waals surface area (Å²) >= 11 is 0. The van der Waals surface area contributed by atoms with Gasteiger partial charge in [0.2, 0.25) is 0 Å². The minimum atomic E-state index is -1.26. The first kappa shape index (κ1) is 27.9. The van der Waals surface area contributed by atoms with Crippen LogP contribution < -0.4 is 11.5 Å². The lowest BCUT2D eigenvalue weighted by molar-refractivity contribution is -0.181. The molecule has 214 valence electrons. The lowest BCUT2D eigenvalue weighted by Crippen LogP contribution is -2.44. The van der Waals surface area contributed by atoms with Crippen LogP contribution in [0.1, 0.15) is 17.5 Å². The van der Waals surface area contributed by atoms with Crippen molar-refractivity contribution in [1.29, 1.82) is 0 Å². The summed E-state index contributed by atoms with van der Waals surface area (Å²) in [6.45, 7) is -0.926. The van der Waals surface area contributed by atoms with Crippen molar-refractivity contribution >= 4 is 45.7 Å². The number of hydrogen-bond acceptors (Lipinski definition) is 10. The molecule has 4 aromatic rings. The van der Waals surface area contributed by atoms with E-state index in [1.807, 2.05) is 48.5 Å². The Kier molecular flexibility index (Phi) is 8.31. The van der Waals surface area contributed by atoms with Crippen LogP contribution in [0, 0.1) is 0 Å². The normalized spacial score (nSPS) is 20.1. The number of benzene rings is 2. The second-order valence-corrected chi connectivity index (χ2v) is 9.68. The number of nitrogens with one attached hydrogen (secondary N) is 2. The number of ether oxygens (including phenoxy) is 4. The number of nitrogens with two attached hydrogens (primary N) is 2. The number of carbonyl (C=O) groups is 4. The van der Waals surface area contributed by atoms with Crippen LogP contribution in [0.15, 0.2) is 60.9 Å². The Morgan fingerprint density at radius 2 is 1.05 bits per heavy atom. The molecule has 4 atom stereocenters. The van der Waals surface area contributed by atoms with Gasteiger partial charge < -0.3 is 40.4 Å². The fourth-order valence-electron chi connectivity index (χ4n) is 5.12. The van der Waals surface area contributed by atoms with Crippen molar-refractivity contribution in [2.24, 2.45) is 11.5 Å². The first-order chi connectivity index (χ1) is 19.9. The van der Waals surface area contributed by atoms with E-state index in [1.165, 1.54) is 0 Å². The molecule has 1 saturated carbocycles. The maximum atomic E-state index is 13.0. The van der Waals surface area contributed by atoms with Gasteiger partial charge in [-0.15, -0.1) is 0 Å². The molecular weight excluding hydrogens is 532 g/mol. The maximum Gasteiger partial charge on any atom is 0.320 e. The standard InChI is InChI=1S/C29H30N4O8/c30-12-26(36)40-28-22(38-24(34)9-16-14-32-20-7-3-1-5-18(16)20)11-23(29(28)41-27(37)13-31)39-25(35)10-17-15-33-21-8-4-2-6-19(17)21/h1-8,14-15,22-23,28-29,32-33H,9-13,30-31H2/t22-,23+,28+,29-. The predicted octanol–water partition coefficient (Wildman–Crippen LogP) is 1.40. The maximum absolute atomic E-state index is 13.0. The molecule has 0 radical (unpaired) electrons. The molecule has 1 aliphatic rings. The molecule has 2 heterocycles. The van der Waals surface area contributed by atoms with Crippen LogP contribution in [0.5, 0.6) is 0 Å². The number of hydrogen-bond donors (Lipinski definition) is 4. The number of aromatic nitrogens is 2.